The van der Waals surface area contributed by atoms with Crippen molar-refractivity contribution >= 4 is 6.08 Å². The summed E-state index contributed by atoms with van der Waals surface area (Å²) in [6, 6.07) is 6.71. The van der Waals surface area contributed by atoms with Crippen LogP contribution in [-0.2, 0) is 0 Å². The average Bonchev–Trinajstić information content (AvgIpc) is 2.65. The molecule has 0 aliphatic rings. The van der Waals surface area contributed by atoms with Crippen molar-refractivity contribution in [1.29, 1.82) is 15.8 Å². The van der Waals surface area contributed by atoms with Gasteiger partial charge in [-0.1, -0.05) is 0 Å². The summed E-state index contributed by atoms with van der Waals surface area (Å²) in [6.45, 7) is 0. The van der Waals surface area contributed by atoms with Gasteiger partial charge < -0.3 is 24.7 Å². The van der Waals surface area contributed by atoms with Gasteiger partial charge in [-0.05, 0) is 12.1 Å². The predicted molar refractivity (Wildman–Crippen MR) is 88.7 cm³/mol. The minimum absolute atomic E-state index is 0.0781. The molecule has 0 aliphatic carbocycles. The molecule has 1 aromatic rings. The first-order valence-corrected chi connectivity index (χ1v) is 6.81. The molecular formula is C17H16N4O4. The third kappa shape index (κ3) is 3.74. The molecule has 8 nitrogen and oxygen atoms in total. The minimum Gasteiger partial charge on any atom is -0.493 e. The smallest absolute Gasteiger partial charge is 0.207 e. The van der Waals surface area contributed by atoms with Gasteiger partial charge in [0.15, 0.2) is 17.1 Å². The Morgan fingerprint density at radius 2 is 1.44 bits per heavy atom. The van der Waals surface area contributed by atoms with Gasteiger partial charge in [0.2, 0.25) is 11.5 Å². The first-order valence-electron chi connectivity index (χ1n) is 6.81. The van der Waals surface area contributed by atoms with Gasteiger partial charge in [-0.25, -0.2) is 0 Å². The maximum absolute atomic E-state index is 9.34. The zero-order chi connectivity index (χ0) is 19.0. The van der Waals surface area contributed by atoms with Crippen LogP contribution >= 0.6 is 0 Å². The average molecular weight is 340 g/mol. The molecule has 0 saturated heterocycles. The van der Waals surface area contributed by atoms with Crippen molar-refractivity contribution in [2.24, 2.45) is 5.73 Å². The van der Waals surface area contributed by atoms with Crippen LogP contribution in [0.5, 0.6) is 23.0 Å². The van der Waals surface area contributed by atoms with Crippen LogP contribution < -0.4 is 24.7 Å². The summed E-state index contributed by atoms with van der Waals surface area (Å²) in [5.41, 5.74) is 5.47. The number of hydrogen-bond acceptors (Lipinski definition) is 8. The van der Waals surface area contributed by atoms with E-state index in [4.69, 9.17) is 35.2 Å². The molecule has 25 heavy (non-hydrogen) atoms. The van der Waals surface area contributed by atoms with Gasteiger partial charge in [-0.2, -0.15) is 15.8 Å². The third-order valence-corrected chi connectivity index (χ3v) is 3.22. The van der Waals surface area contributed by atoms with Crippen molar-refractivity contribution in [3.8, 4) is 41.2 Å². The first kappa shape index (κ1) is 19.2. The Labute approximate surface area is 145 Å². The van der Waals surface area contributed by atoms with E-state index in [-0.39, 0.29) is 28.3 Å². The van der Waals surface area contributed by atoms with Crippen LogP contribution in [0.15, 0.2) is 22.9 Å². The predicted octanol–water partition coefficient (Wildman–Crippen LogP) is 1.89. The Kier molecular flexibility index (Phi) is 6.70. The fourth-order valence-electron chi connectivity index (χ4n) is 2.07. The standard InChI is InChI=1S/C17H16N4O4/c1-22-13-6-10(15(23-2)17(25-4)16(13)24-3)5-11(7-18)14(21)12(8-19)9-20/h5-6H,21H2,1-4H3. The van der Waals surface area contributed by atoms with E-state index in [1.165, 1.54) is 34.5 Å². The minimum atomic E-state index is -0.362. The van der Waals surface area contributed by atoms with Crippen molar-refractivity contribution in [2.45, 2.75) is 0 Å². The monoisotopic (exact) mass is 340 g/mol. The summed E-state index contributed by atoms with van der Waals surface area (Å²) in [4.78, 5) is 0. The Hall–Kier alpha value is -3.83. The molecule has 2 N–H and O–H groups in total. The second kappa shape index (κ2) is 8.71. The molecule has 0 aromatic heterocycles. The lowest BCUT2D eigenvalue weighted by Gasteiger charge is -2.17. The SMILES string of the molecule is COc1cc(C=C(C#N)C(N)=C(C#N)C#N)c(OC)c(OC)c1OC. The number of nitrogens with two attached hydrogens (primary N) is 1. The number of hydrogen-bond donors (Lipinski definition) is 1. The summed E-state index contributed by atoms with van der Waals surface area (Å²) < 4.78 is 21.2. The van der Waals surface area contributed by atoms with E-state index in [0.717, 1.165) is 0 Å². The Morgan fingerprint density at radius 3 is 1.84 bits per heavy atom. The first-order chi connectivity index (χ1) is 12.0. The number of ether oxygens (including phenoxy) is 4. The van der Waals surface area contributed by atoms with E-state index >= 15 is 0 Å². The molecule has 0 heterocycles. The maximum Gasteiger partial charge on any atom is 0.207 e. The second-order valence-corrected chi connectivity index (χ2v) is 4.45. The van der Waals surface area contributed by atoms with Crippen LogP contribution in [0.3, 0.4) is 0 Å². The summed E-state index contributed by atoms with van der Waals surface area (Å²) in [5, 5.41) is 27.2. The molecule has 8 heteroatoms. The van der Waals surface area contributed by atoms with Gasteiger partial charge in [0, 0.05) is 5.56 Å². The Bertz CT molecular complexity index is 835. The number of nitriles is 3. The van der Waals surface area contributed by atoms with Crippen molar-refractivity contribution in [1.82, 2.24) is 0 Å². The molecule has 128 valence electrons. The van der Waals surface area contributed by atoms with Crippen molar-refractivity contribution in [3.63, 3.8) is 0 Å². The molecular weight excluding hydrogens is 324 g/mol. The molecule has 0 saturated carbocycles. The van der Waals surface area contributed by atoms with Crippen LogP contribution in [0.4, 0.5) is 0 Å². The highest BCUT2D eigenvalue weighted by atomic mass is 16.5. The highest BCUT2D eigenvalue weighted by Crippen LogP contribution is 2.47. The molecule has 0 atom stereocenters. The van der Waals surface area contributed by atoms with Gasteiger partial charge >= 0.3 is 0 Å². The van der Waals surface area contributed by atoms with Gasteiger partial charge in [0.1, 0.15) is 18.2 Å². The van der Waals surface area contributed by atoms with E-state index in [2.05, 4.69) is 0 Å². The molecule has 0 bridgehead atoms. The van der Waals surface area contributed by atoms with Crippen molar-refractivity contribution < 1.29 is 18.9 Å². The molecule has 0 fully saturated rings. The van der Waals surface area contributed by atoms with Crippen molar-refractivity contribution in [3.05, 3.63) is 28.5 Å². The normalized spacial score (nSPS) is 9.88. The highest BCUT2D eigenvalue weighted by Gasteiger charge is 2.21. The molecule has 1 aromatic carbocycles. The van der Waals surface area contributed by atoms with E-state index in [1.807, 2.05) is 6.07 Å². The third-order valence-electron chi connectivity index (χ3n) is 3.22. The number of nitrogens with zero attached hydrogens (tertiary/aromatic N) is 3. The second-order valence-electron chi connectivity index (χ2n) is 4.45. The summed E-state index contributed by atoms with van der Waals surface area (Å²) in [5.74, 6) is 1.19. The Morgan fingerprint density at radius 1 is 0.880 bits per heavy atom. The maximum atomic E-state index is 9.34. The lowest BCUT2D eigenvalue weighted by molar-refractivity contribution is 0.305. The van der Waals surface area contributed by atoms with E-state index < -0.39 is 0 Å². The molecule has 0 unspecified atom stereocenters. The van der Waals surface area contributed by atoms with Gasteiger partial charge in [0.25, 0.3) is 0 Å². The molecule has 0 amide bonds. The van der Waals surface area contributed by atoms with E-state index in [1.54, 1.807) is 18.2 Å². The number of allylic oxidation sites excluding steroid dienone is 2. The molecule has 0 aliphatic heterocycles. The van der Waals surface area contributed by atoms with Crippen LogP contribution in [0.1, 0.15) is 5.56 Å². The van der Waals surface area contributed by atoms with E-state index in [9.17, 15) is 5.26 Å². The number of rotatable bonds is 6. The van der Waals surface area contributed by atoms with Gasteiger partial charge in [0.05, 0.1) is 39.7 Å². The zero-order valence-electron chi connectivity index (χ0n) is 14.2. The van der Waals surface area contributed by atoms with Crippen LogP contribution in [0.2, 0.25) is 0 Å². The topological polar surface area (TPSA) is 134 Å². The molecule has 1 rings (SSSR count). The zero-order valence-corrected chi connectivity index (χ0v) is 14.2. The Balaban J connectivity index is 3.78. The lowest BCUT2D eigenvalue weighted by Crippen LogP contribution is -2.04. The van der Waals surface area contributed by atoms with Gasteiger partial charge in [-0.15, -0.1) is 0 Å². The van der Waals surface area contributed by atoms with Crippen LogP contribution in [-0.4, -0.2) is 28.4 Å². The molecule has 0 radical (unpaired) electrons. The summed E-state index contributed by atoms with van der Waals surface area (Å²) in [6.07, 6.45) is 1.37. The van der Waals surface area contributed by atoms with Gasteiger partial charge in [-0.3, -0.25) is 0 Å². The van der Waals surface area contributed by atoms with E-state index in [0.29, 0.717) is 17.1 Å². The summed E-state index contributed by atoms with van der Waals surface area (Å²) >= 11 is 0. The quantitative estimate of drug-likeness (QED) is 0.612. The van der Waals surface area contributed by atoms with Crippen molar-refractivity contribution in [2.75, 3.05) is 28.4 Å². The number of methoxy groups -OCH3 is 4. The molecule has 0 spiro atoms. The number of benzene rings is 1. The fraction of sp³-hybridized carbons (Fsp3) is 0.235. The fourth-order valence-corrected chi connectivity index (χ4v) is 2.07. The van der Waals surface area contributed by atoms with Crippen LogP contribution in [0.25, 0.3) is 6.08 Å². The largest absolute Gasteiger partial charge is 0.493 e. The summed E-state index contributed by atoms with van der Waals surface area (Å²) in [7, 11) is 5.74. The van der Waals surface area contributed by atoms with Crippen LogP contribution in [0, 0.1) is 34.0 Å². The highest BCUT2D eigenvalue weighted by molar-refractivity contribution is 5.75. The lowest BCUT2D eigenvalue weighted by atomic mass is 10.0.